The minimum Gasteiger partial charge on any atom is -0.369 e. The first-order valence-electron chi connectivity index (χ1n) is 10.2. The van der Waals surface area contributed by atoms with E-state index in [9.17, 15) is 0 Å². The summed E-state index contributed by atoms with van der Waals surface area (Å²) < 4.78 is 2.65. The lowest BCUT2D eigenvalue weighted by Gasteiger charge is -2.30. The first kappa shape index (κ1) is 20.3. The van der Waals surface area contributed by atoms with Crippen LogP contribution in [0.15, 0.2) is 42.5 Å². The topological polar surface area (TPSA) is 36.9 Å². The van der Waals surface area contributed by atoms with E-state index < -0.39 is 0 Å². The summed E-state index contributed by atoms with van der Waals surface area (Å²) in [6, 6.07) is 15.6. The zero-order valence-corrected chi connectivity index (χ0v) is 18.3. The Hall–Kier alpha value is -2.40. The molecule has 0 saturated heterocycles. The summed E-state index contributed by atoms with van der Waals surface area (Å²) in [6.07, 6.45) is 2.00. The highest BCUT2D eigenvalue weighted by atomic mass is 32.1. The number of rotatable bonds is 7. The molecule has 0 aliphatic carbocycles. The predicted octanol–water partition coefficient (Wildman–Crippen LogP) is 5.96. The number of aryl methyl sites for hydroxylation is 2. The SMILES string of the molecule is CCc1cccc(-c2n[nH]c(=S)n2-c2ccc(CC)c(N(CC)C(C)C)c2)c1. The van der Waals surface area contributed by atoms with Crippen LogP contribution in [0.25, 0.3) is 17.1 Å². The number of anilines is 1. The van der Waals surface area contributed by atoms with Crippen molar-refractivity contribution in [2.75, 3.05) is 11.4 Å². The molecular weight excluding hydrogens is 364 g/mol. The Labute approximate surface area is 173 Å². The fraction of sp³-hybridized carbons (Fsp3) is 0.391. The third-order valence-corrected chi connectivity index (χ3v) is 5.52. The predicted molar refractivity (Wildman–Crippen MR) is 121 cm³/mol. The van der Waals surface area contributed by atoms with E-state index in [-0.39, 0.29) is 0 Å². The highest BCUT2D eigenvalue weighted by Gasteiger charge is 2.16. The number of benzene rings is 2. The number of hydrogen-bond donors (Lipinski definition) is 1. The number of nitrogens with one attached hydrogen (secondary N) is 1. The van der Waals surface area contributed by atoms with Gasteiger partial charge in [-0.2, -0.15) is 5.10 Å². The lowest BCUT2D eigenvalue weighted by Crippen LogP contribution is -2.31. The van der Waals surface area contributed by atoms with Gasteiger partial charge in [-0.15, -0.1) is 0 Å². The Morgan fingerprint density at radius 1 is 1.07 bits per heavy atom. The minimum atomic E-state index is 0.434. The maximum absolute atomic E-state index is 5.60. The summed E-state index contributed by atoms with van der Waals surface area (Å²) in [6.45, 7) is 12.0. The van der Waals surface area contributed by atoms with Crippen LogP contribution in [0.4, 0.5) is 5.69 Å². The van der Waals surface area contributed by atoms with E-state index >= 15 is 0 Å². The molecule has 0 bridgehead atoms. The van der Waals surface area contributed by atoms with Gasteiger partial charge in [0.2, 0.25) is 0 Å². The summed E-state index contributed by atoms with van der Waals surface area (Å²) >= 11 is 5.60. The summed E-state index contributed by atoms with van der Waals surface area (Å²) in [5, 5.41) is 7.53. The Morgan fingerprint density at radius 2 is 1.86 bits per heavy atom. The van der Waals surface area contributed by atoms with E-state index in [1.165, 1.54) is 16.8 Å². The fourth-order valence-electron chi connectivity index (χ4n) is 3.73. The van der Waals surface area contributed by atoms with Crippen molar-refractivity contribution >= 4 is 17.9 Å². The average Bonchev–Trinajstić information content (AvgIpc) is 3.09. The molecule has 3 aromatic rings. The zero-order valence-electron chi connectivity index (χ0n) is 17.5. The average molecular weight is 395 g/mol. The van der Waals surface area contributed by atoms with Crippen LogP contribution >= 0.6 is 12.2 Å². The van der Waals surface area contributed by atoms with Gasteiger partial charge < -0.3 is 4.90 Å². The van der Waals surface area contributed by atoms with E-state index in [1.807, 2.05) is 4.57 Å². The highest BCUT2D eigenvalue weighted by Crippen LogP contribution is 2.29. The third-order valence-electron chi connectivity index (χ3n) is 5.25. The van der Waals surface area contributed by atoms with Crippen LogP contribution in [0.3, 0.4) is 0 Å². The minimum absolute atomic E-state index is 0.434. The monoisotopic (exact) mass is 394 g/mol. The molecule has 1 N–H and O–H groups in total. The molecule has 28 heavy (non-hydrogen) atoms. The van der Waals surface area contributed by atoms with Crippen molar-refractivity contribution in [3.05, 3.63) is 58.4 Å². The Kier molecular flexibility index (Phi) is 6.35. The maximum Gasteiger partial charge on any atom is 0.200 e. The summed E-state index contributed by atoms with van der Waals surface area (Å²) in [7, 11) is 0. The van der Waals surface area contributed by atoms with E-state index in [0.717, 1.165) is 36.5 Å². The van der Waals surface area contributed by atoms with Crippen molar-refractivity contribution < 1.29 is 0 Å². The molecule has 4 nitrogen and oxygen atoms in total. The van der Waals surface area contributed by atoms with Crippen molar-refractivity contribution in [2.24, 2.45) is 0 Å². The molecule has 0 radical (unpaired) electrons. The number of hydrogen-bond acceptors (Lipinski definition) is 3. The number of nitrogens with zero attached hydrogens (tertiary/aromatic N) is 3. The molecule has 5 heteroatoms. The second kappa shape index (κ2) is 8.74. The Morgan fingerprint density at radius 3 is 2.50 bits per heavy atom. The molecule has 1 heterocycles. The van der Waals surface area contributed by atoms with Crippen molar-refractivity contribution in [3.63, 3.8) is 0 Å². The van der Waals surface area contributed by atoms with Crippen molar-refractivity contribution in [1.29, 1.82) is 0 Å². The van der Waals surface area contributed by atoms with Gasteiger partial charge in [-0.1, -0.05) is 38.1 Å². The van der Waals surface area contributed by atoms with Crippen molar-refractivity contribution in [3.8, 4) is 17.1 Å². The van der Waals surface area contributed by atoms with Gasteiger partial charge in [0.1, 0.15) is 0 Å². The van der Waals surface area contributed by atoms with Crippen LogP contribution in [0.1, 0.15) is 45.7 Å². The normalized spacial score (nSPS) is 11.2. The van der Waals surface area contributed by atoms with Gasteiger partial charge in [-0.25, -0.2) is 0 Å². The number of aromatic nitrogens is 3. The lowest BCUT2D eigenvalue weighted by molar-refractivity contribution is 0.699. The summed E-state index contributed by atoms with van der Waals surface area (Å²) in [4.78, 5) is 2.43. The van der Waals surface area contributed by atoms with E-state index in [4.69, 9.17) is 12.2 Å². The summed E-state index contributed by atoms with van der Waals surface area (Å²) in [5.41, 5.74) is 6.03. The lowest BCUT2D eigenvalue weighted by atomic mass is 10.1. The molecule has 0 amide bonds. The van der Waals surface area contributed by atoms with Gasteiger partial charge in [0.25, 0.3) is 0 Å². The molecule has 3 rings (SSSR count). The summed E-state index contributed by atoms with van der Waals surface area (Å²) in [5.74, 6) is 0.850. The number of H-pyrrole nitrogens is 1. The smallest absolute Gasteiger partial charge is 0.200 e. The van der Waals surface area contributed by atoms with Gasteiger partial charge in [0.05, 0.1) is 5.69 Å². The van der Waals surface area contributed by atoms with Crippen LogP contribution in [0.5, 0.6) is 0 Å². The van der Waals surface area contributed by atoms with Crippen molar-refractivity contribution in [1.82, 2.24) is 14.8 Å². The van der Waals surface area contributed by atoms with E-state index in [1.54, 1.807) is 0 Å². The molecule has 0 atom stereocenters. The van der Waals surface area contributed by atoms with Crippen LogP contribution in [-0.4, -0.2) is 27.4 Å². The second-order valence-electron chi connectivity index (χ2n) is 7.29. The molecule has 0 fully saturated rings. The zero-order chi connectivity index (χ0) is 20.3. The van der Waals surface area contributed by atoms with Crippen LogP contribution < -0.4 is 4.90 Å². The van der Waals surface area contributed by atoms with E-state index in [2.05, 4.69) is 92.2 Å². The molecule has 0 aliphatic heterocycles. The first-order valence-corrected chi connectivity index (χ1v) is 10.6. The van der Waals surface area contributed by atoms with E-state index in [0.29, 0.717) is 10.8 Å². The van der Waals surface area contributed by atoms with Crippen LogP contribution in [0, 0.1) is 4.77 Å². The fourth-order valence-corrected chi connectivity index (χ4v) is 3.97. The van der Waals surface area contributed by atoms with Gasteiger partial charge in [-0.3, -0.25) is 9.67 Å². The Balaban J connectivity index is 2.17. The number of aromatic amines is 1. The molecule has 1 aromatic heterocycles. The van der Waals surface area contributed by atoms with Gasteiger partial charge in [0.15, 0.2) is 10.6 Å². The van der Waals surface area contributed by atoms with Crippen LogP contribution in [-0.2, 0) is 12.8 Å². The molecule has 0 spiro atoms. The van der Waals surface area contributed by atoms with Gasteiger partial charge in [0, 0.05) is 23.8 Å². The largest absolute Gasteiger partial charge is 0.369 e. The standard InChI is InChI=1S/C23H30N4S/c1-6-17-10-9-11-19(14-17)22-24-25-23(28)27(22)20-13-12-18(7-2)21(15-20)26(8-3)16(4)5/h9-16H,6-8H2,1-5H3,(H,25,28). The second-order valence-corrected chi connectivity index (χ2v) is 7.67. The molecular formula is C23H30N4S. The quantitative estimate of drug-likeness (QED) is 0.503. The molecule has 2 aromatic carbocycles. The third kappa shape index (κ3) is 3.90. The van der Waals surface area contributed by atoms with Gasteiger partial charge >= 0.3 is 0 Å². The van der Waals surface area contributed by atoms with Crippen molar-refractivity contribution in [2.45, 2.75) is 53.5 Å². The maximum atomic E-state index is 5.60. The van der Waals surface area contributed by atoms with Crippen LogP contribution in [0.2, 0.25) is 0 Å². The molecule has 148 valence electrons. The van der Waals surface area contributed by atoms with Gasteiger partial charge in [-0.05, 0) is 75.2 Å². The molecule has 0 saturated carbocycles. The molecule has 0 unspecified atom stereocenters. The highest BCUT2D eigenvalue weighted by molar-refractivity contribution is 7.71. The Bertz CT molecular complexity index is 1000. The first-order chi connectivity index (χ1) is 13.5. The molecule has 0 aliphatic rings.